The highest BCUT2D eigenvalue weighted by molar-refractivity contribution is 6.41. The summed E-state index contributed by atoms with van der Waals surface area (Å²) in [6, 6.07) is 11.8. The van der Waals surface area contributed by atoms with Gasteiger partial charge in [-0.3, -0.25) is 4.79 Å². The van der Waals surface area contributed by atoms with Crippen molar-refractivity contribution >= 4 is 45.6 Å². The number of carbonyl (C=O) groups excluding carboxylic acids is 1. The summed E-state index contributed by atoms with van der Waals surface area (Å²) in [6.45, 7) is 0. The van der Waals surface area contributed by atoms with E-state index < -0.39 is 0 Å². The molecule has 1 aliphatic rings. The normalized spacial score (nSPS) is 12.6. The number of carbonyl (C=O) groups is 1. The Bertz CT molecular complexity index is 943. The second kappa shape index (κ2) is 5.52. The minimum absolute atomic E-state index is 0.188. The first-order valence-electron chi connectivity index (χ1n) is 7.29. The molecular weight excluding hydrogens is 331 g/mol. The monoisotopic (exact) mass is 342 g/mol. The molecule has 0 fully saturated rings. The van der Waals surface area contributed by atoms with Crippen LogP contribution in [0.15, 0.2) is 42.6 Å². The third-order valence-electron chi connectivity index (χ3n) is 4.18. The van der Waals surface area contributed by atoms with Crippen LogP contribution in [0.25, 0.3) is 10.8 Å². The first kappa shape index (κ1) is 14.5. The van der Waals surface area contributed by atoms with Crippen LogP contribution in [0.3, 0.4) is 0 Å². The summed E-state index contributed by atoms with van der Waals surface area (Å²) in [5, 5.41) is 5.73. The number of aromatic nitrogens is 1. The predicted octanol–water partition coefficient (Wildman–Crippen LogP) is 4.89. The summed E-state index contributed by atoms with van der Waals surface area (Å²) in [5.41, 5.74) is 3.85. The maximum absolute atomic E-state index is 12.5. The molecule has 3 nitrogen and oxygen atoms in total. The maximum Gasteiger partial charge on any atom is 0.257 e. The third kappa shape index (κ3) is 2.46. The zero-order valence-corrected chi connectivity index (χ0v) is 13.6. The smallest absolute Gasteiger partial charge is 0.257 e. The average molecular weight is 343 g/mol. The zero-order chi connectivity index (χ0) is 16.0. The van der Waals surface area contributed by atoms with Gasteiger partial charge in [-0.15, -0.1) is 0 Å². The predicted molar refractivity (Wildman–Crippen MR) is 93.6 cm³/mol. The van der Waals surface area contributed by atoms with E-state index in [1.807, 2.05) is 18.2 Å². The largest absolute Gasteiger partial charge is 0.321 e. The van der Waals surface area contributed by atoms with Gasteiger partial charge < -0.3 is 5.32 Å². The van der Waals surface area contributed by atoms with Crippen molar-refractivity contribution in [2.45, 2.75) is 12.8 Å². The quantitative estimate of drug-likeness (QED) is 0.673. The first-order valence-corrected chi connectivity index (χ1v) is 8.05. The highest BCUT2D eigenvalue weighted by Crippen LogP contribution is 2.35. The van der Waals surface area contributed by atoms with Crippen LogP contribution in [-0.2, 0) is 12.8 Å². The standard InChI is InChI=1S/C18H12Cl2N2O/c19-14-8-12(9-21-17(14)20)18(23)22-15-7-6-11-5-4-10-2-1-3-13(15)16(10)11/h1-3,6-9H,4-5H2,(H,22,23). The van der Waals surface area contributed by atoms with Crippen molar-refractivity contribution in [3.05, 3.63) is 69.5 Å². The number of hydrogen-bond acceptors (Lipinski definition) is 2. The minimum Gasteiger partial charge on any atom is -0.321 e. The van der Waals surface area contributed by atoms with E-state index in [0.717, 1.165) is 23.9 Å². The van der Waals surface area contributed by atoms with E-state index in [0.29, 0.717) is 5.56 Å². The third-order valence-corrected chi connectivity index (χ3v) is 4.87. The van der Waals surface area contributed by atoms with E-state index in [9.17, 15) is 4.79 Å². The molecule has 114 valence electrons. The van der Waals surface area contributed by atoms with Gasteiger partial charge in [0.05, 0.1) is 10.6 Å². The highest BCUT2D eigenvalue weighted by Gasteiger charge is 2.17. The molecule has 0 saturated carbocycles. The van der Waals surface area contributed by atoms with Crippen LogP contribution in [-0.4, -0.2) is 10.9 Å². The molecule has 1 amide bonds. The molecule has 0 spiro atoms. The Morgan fingerprint density at radius 1 is 1.09 bits per heavy atom. The van der Waals surface area contributed by atoms with Crippen LogP contribution in [0.2, 0.25) is 10.2 Å². The Labute approximate surface area is 143 Å². The van der Waals surface area contributed by atoms with Gasteiger partial charge in [-0.25, -0.2) is 4.98 Å². The van der Waals surface area contributed by atoms with Crippen molar-refractivity contribution < 1.29 is 4.79 Å². The molecular formula is C18H12Cl2N2O. The molecule has 0 atom stereocenters. The molecule has 0 unspecified atom stereocenters. The zero-order valence-electron chi connectivity index (χ0n) is 12.1. The number of aryl methyl sites for hydroxylation is 2. The molecule has 4 rings (SSSR count). The molecule has 0 radical (unpaired) electrons. The van der Waals surface area contributed by atoms with Crippen LogP contribution in [0.5, 0.6) is 0 Å². The molecule has 1 aliphatic carbocycles. The summed E-state index contributed by atoms with van der Waals surface area (Å²) in [5.74, 6) is -0.255. The van der Waals surface area contributed by atoms with E-state index in [1.165, 1.54) is 28.8 Å². The van der Waals surface area contributed by atoms with Gasteiger partial charge in [0.1, 0.15) is 5.15 Å². The highest BCUT2D eigenvalue weighted by atomic mass is 35.5. The van der Waals surface area contributed by atoms with Crippen LogP contribution in [0, 0.1) is 0 Å². The van der Waals surface area contributed by atoms with Crippen molar-refractivity contribution in [2.75, 3.05) is 5.32 Å². The van der Waals surface area contributed by atoms with Gasteiger partial charge in [-0.1, -0.05) is 47.5 Å². The Hall–Kier alpha value is -2.10. The van der Waals surface area contributed by atoms with Crippen LogP contribution in [0.4, 0.5) is 5.69 Å². The average Bonchev–Trinajstić information content (AvgIpc) is 2.97. The molecule has 1 aromatic heterocycles. The van der Waals surface area contributed by atoms with Crippen LogP contribution < -0.4 is 5.32 Å². The van der Waals surface area contributed by atoms with E-state index in [4.69, 9.17) is 23.2 Å². The number of anilines is 1. The SMILES string of the molecule is O=C(Nc1ccc2c3c(cccc13)CC2)c1cnc(Cl)c(Cl)c1. The number of halogens is 2. The van der Waals surface area contributed by atoms with Crippen molar-refractivity contribution in [3.8, 4) is 0 Å². The minimum atomic E-state index is -0.255. The van der Waals surface area contributed by atoms with Gasteiger partial charge in [-0.05, 0) is 41.5 Å². The van der Waals surface area contributed by atoms with Crippen molar-refractivity contribution in [3.63, 3.8) is 0 Å². The van der Waals surface area contributed by atoms with Crippen LogP contribution >= 0.6 is 23.2 Å². The number of amides is 1. The van der Waals surface area contributed by atoms with E-state index in [2.05, 4.69) is 22.4 Å². The Morgan fingerprint density at radius 2 is 1.87 bits per heavy atom. The number of pyridine rings is 1. The van der Waals surface area contributed by atoms with Crippen LogP contribution in [0.1, 0.15) is 21.5 Å². The molecule has 1 N–H and O–H groups in total. The molecule has 0 bridgehead atoms. The molecule has 1 heterocycles. The molecule has 23 heavy (non-hydrogen) atoms. The Morgan fingerprint density at radius 3 is 2.65 bits per heavy atom. The molecule has 5 heteroatoms. The number of nitrogens with one attached hydrogen (secondary N) is 1. The number of hydrogen-bond donors (Lipinski definition) is 1. The van der Waals surface area contributed by atoms with Gasteiger partial charge >= 0.3 is 0 Å². The molecule has 2 aromatic carbocycles. The van der Waals surface area contributed by atoms with Gasteiger partial charge in [0.15, 0.2) is 0 Å². The number of rotatable bonds is 2. The van der Waals surface area contributed by atoms with E-state index in [-0.39, 0.29) is 16.1 Å². The van der Waals surface area contributed by atoms with Gasteiger partial charge in [0.25, 0.3) is 5.91 Å². The van der Waals surface area contributed by atoms with Gasteiger partial charge in [-0.2, -0.15) is 0 Å². The Kier molecular flexibility index (Phi) is 3.47. The summed E-state index contributed by atoms with van der Waals surface area (Å²) >= 11 is 11.7. The fraction of sp³-hybridized carbons (Fsp3) is 0.111. The fourth-order valence-corrected chi connectivity index (χ4v) is 3.37. The Balaban J connectivity index is 1.73. The summed E-state index contributed by atoms with van der Waals surface area (Å²) in [6.07, 6.45) is 3.53. The fourth-order valence-electron chi connectivity index (χ4n) is 3.10. The lowest BCUT2D eigenvalue weighted by Crippen LogP contribution is -2.12. The van der Waals surface area contributed by atoms with Gasteiger partial charge in [0.2, 0.25) is 0 Å². The van der Waals surface area contributed by atoms with Crippen molar-refractivity contribution in [1.82, 2.24) is 4.98 Å². The lowest BCUT2D eigenvalue weighted by atomic mass is 10.0. The van der Waals surface area contributed by atoms with Crippen molar-refractivity contribution in [2.24, 2.45) is 0 Å². The lowest BCUT2D eigenvalue weighted by Gasteiger charge is -2.11. The lowest BCUT2D eigenvalue weighted by molar-refractivity contribution is 0.102. The van der Waals surface area contributed by atoms with Crippen molar-refractivity contribution in [1.29, 1.82) is 0 Å². The summed E-state index contributed by atoms with van der Waals surface area (Å²) in [7, 11) is 0. The van der Waals surface area contributed by atoms with E-state index in [1.54, 1.807) is 0 Å². The number of benzene rings is 2. The maximum atomic E-state index is 12.5. The topological polar surface area (TPSA) is 42.0 Å². The second-order valence-electron chi connectivity index (χ2n) is 5.56. The molecule has 0 saturated heterocycles. The first-order chi connectivity index (χ1) is 11.1. The number of nitrogens with zero attached hydrogens (tertiary/aromatic N) is 1. The summed E-state index contributed by atoms with van der Waals surface area (Å²) < 4.78 is 0. The molecule has 0 aliphatic heterocycles. The summed E-state index contributed by atoms with van der Waals surface area (Å²) in [4.78, 5) is 16.4. The molecule has 3 aromatic rings. The van der Waals surface area contributed by atoms with Gasteiger partial charge in [0, 0.05) is 17.3 Å². The van der Waals surface area contributed by atoms with E-state index >= 15 is 0 Å². The second-order valence-corrected chi connectivity index (χ2v) is 6.33.